The van der Waals surface area contributed by atoms with Gasteiger partial charge in [-0.1, -0.05) is 19.1 Å². The van der Waals surface area contributed by atoms with Crippen molar-refractivity contribution in [3.63, 3.8) is 0 Å². The van der Waals surface area contributed by atoms with Crippen LogP contribution in [0.4, 0.5) is 4.39 Å². The van der Waals surface area contributed by atoms with Crippen LogP contribution in [-0.4, -0.2) is 35.9 Å². The number of nitrogens with one attached hydrogen (secondary N) is 2. The van der Waals surface area contributed by atoms with Crippen LogP contribution in [0.5, 0.6) is 0 Å². The van der Waals surface area contributed by atoms with Crippen molar-refractivity contribution in [3.8, 4) is 0 Å². The van der Waals surface area contributed by atoms with Gasteiger partial charge in [-0.3, -0.25) is 9.67 Å². The summed E-state index contributed by atoms with van der Waals surface area (Å²) in [7, 11) is 1.77. The third-order valence-electron chi connectivity index (χ3n) is 4.78. The van der Waals surface area contributed by atoms with Gasteiger partial charge < -0.3 is 10.6 Å². The van der Waals surface area contributed by atoms with Crippen molar-refractivity contribution in [2.75, 3.05) is 20.1 Å². The van der Waals surface area contributed by atoms with Crippen molar-refractivity contribution in [2.24, 2.45) is 10.9 Å². The monoisotopic (exact) mass is 471 g/mol. The average Bonchev–Trinajstić information content (AvgIpc) is 3.23. The van der Waals surface area contributed by atoms with Crippen molar-refractivity contribution >= 4 is 29.9 Å². The minimum atomic E-state index is -0.168. The van der Waals surface area contributed by atoms with E-state index in [1.165, 1.54) is 6.07 Å². The van der Waals surface area contributed by atoms with E-state index in [9.17, 15) is 4.39 Å². The van der Waals surface area contributed by atoms with Crippen molar-refractivity contribution in [1.82, 2.24) is 20.4 Å². The van der Waals surface area contributed by atoms with Gasteiger partial charge in [0, 0.05) is 44.5 Å². The smallest absolute Gasteiger partial charge is 0.191 e. The summed E-state index contributed by atoms with van der Waals surface area (Å²) in [4.78, 5) is 4.30. The number of benzene rings is 1. The quantitative estimate of drug-likeness (QED) is 0.371. The van der Waals surface area contributed by atoms with E-state index in [2.05, 4.69) is 27.6 Å². The number of hydrogen-bond acceptors (Lipinski definition) is 2. The van der Waals surface area contributed by atoms with Gasteiger partial charge in [-0.05, 0) is 42.5 Å². The molecule has 5 nitrogen and oxygen atoms in total. The van der Waals surface area contributed by atoms with Crippen LogP contribution >= 0.6 is 24.0 Å². The first-order valence-corrected chi connectivity index (χ1v) is 8.79. The third-order valence-corrected chi connectivity index (χ3v) is 4.78. The molecule has 1 aromatic heterocycles. The second kappa shape index (κ2) is 9.34. The molecule has 1 fully saturated rings. The number of rotatable bonds is 7. The molecule has 0 bridgehead atoms. The molecule has 0 radical (unpaired) electrons. The highest BCUT2D eigenvalue weighted by Gasteiger charge is 2.44. The first-order chi connectivity index (χ1) is 12.1. The molecule has 1 atom stereocenters. The fourth-order valence-electron chi connectivity index (χ4n) is 3.07. The lowest BCUT2D eigenvalue weighted by Crippen LogP contribution is -2.43. The fraction of sp³-hybridized carbons (Fsp3) is 0.474. The zero-order valence-electron chi connectivity index (χ0n) is 15.3. The van der Waals surface area contributed by atoms with Gasteiger partial charge in [0.2, 0.25) is 0 Å². The number of hydrogen-bond donors (Lipinski definition) is 2. The zero-order chi connectivity index (χ0) is 17.7. The molecule has 0 spiro atoms. The Balaban J connectivity index is 0.00000243. The van der Waals surface area contributed by atoms with Gasteiger partial charge in [0.25, 0.3) is 0 Å². The summed E-state index contributed by atoms with van der Waals surface area (Å²) in [6.45, 7) is 4.62. The molecule has 0 amide bonds. The highest BCUT2D eigenvalue weighted by atomic mass is 127. The van der Waals surface area contributed by atoms with Crippen LogP contribution in [-0.2, 0) is 12.0 Å². The third kappa shape index (κ3) is 5.43. The van der Waals surface area contributed by atoms with E-state index in [4.69, 9.17) is 0 Å². The molecule has 1 unspecified atom stereocenters. The van der Waals surface area contributed by atoms with Gasteiger partial charge in [0.15, 0.2) is 5.96 Å². The summed E-state index contributed by atoms with van der Waals surface area (Å²) >= 11 is 0. The van der Waals surface area contributed by atoms with Crippen LogP contribution in [0.2, 0.25) is 0 Å². The predicted molar refractivity (Wildman–Crippen MR) is 113 cm³/mol. The van der Waals surface area contributed by atoms with Crippen molar-refractivity contribution in [3.05, 3.63) is 54.1 Å². The summed E-state index contributed by atoms with van der Waals surface area (Å²) in [6, 6.07) is 8.88. The normalized spacial score (nSPS) is 16.5. The lowest BCUT2D eigenvalue weighted by molar-refractivity contribution is 0.443. The zero-order valence-corrected chi connectivity index (χ0v) is 17.6. The topological polar surface area (TPSA) is 54.2 Å². The average molecular weight is 471 g/mol. The number of aromatic nitrogens is 2. The summed E-state index contributed by atoms with van der Waals surface area (Å²) < 4.78 is 15.4. The van der Waals surface area contributed by atoms with Crippen molar-refractivity contribution in [2.45, 2.75) is 31.7 Å². The Labute approximate surface area is 171 Å². The molecule has 1 heterocycles. The Bertz CT molecular complexity index is 712. The molecule has 142 valence electrons. The van der Waals surface area contributed by atoms with E-state index >= 15 is 0 Å². The molecule has 1 aromatic carbocycles. The highest BCUT2D eigenvalue weighted by molar-refractivity contribution is 14.0. The first-order valence-electron chi connectivity index (χ1n) is 8.79. The van der Waals surface area contributed by atoms with Crippen LogP contribution in [0.1, 0.15) is 25.3 Å². The number of halogens is 2. The summed E-state index contributed by atoms with van der Waals surface area (Å²) in [5, 5.41) is 11.0. The highest BCUT2D eigenvalue weighted by Crippen LogP contribution is 2.47. The van der Waals surface area contributed by atoms with Crippen LogP contribution in [0, 0.1) is 11.7 Å². The van der Waals surface area contributed by atoms with Gasteiger partial charge in [-0.25, -0.2) is 4.39 Å². The summed E-state index contributed by atoms with van der Waals surface area (Å²) in [5.74, 6) is 1.05. The van der Waals surface area contributed by atoms with Crippen LogP contribution in [0.3, 0.4) is 0 Å². The van der Waals surface area contributed by atoms with Gasteiger partial charge in [0.05, 0.1) is 0 Å². The Morgan fingerprint density at radius 1 is 1.35 bits per heavy atom. The molecule has 2 N–H and O–H groups in total. The first kappa shape index (κ1) is 20.7. The Hall–Kier alpha value is -1.64. The second-order valence-electron chi connectivity index (χ2n) is 6.93. The molecular weight excluding hydrogens is 444 g/mol. The molecule has 0 aliphatic heterocycles. The number of guanidine groups is 1. The molecule has 26 heavy (non-hydrogen) atoms. The van der Waals surface area contributed by atoms with Crippen molar-refractivity contribution in [1.29, 1.82) is 0 Å². The number of nitrogens with zero attached hydrogens (tertiary/aromatic N) is 3. The fourth-order valence-corrected chi connectivity index (χ4v) is 3.07. The van der Waals surface area contributed by atoms with Gasteiger partial charge in [-0.2, -0.15) is 5.10 Å². The van der Waals surface area contributed by atoms with E-state index in [0.717, 1.165) is 44.0 Å². The van der Waals surface area contributed by atoms with Gasteiger partial charge in [-0.15, -0.1) is 24.0 Å². The molecule has 0 saturated heterocycles. The minimum absolute atomic E-state index is 0. The second-order valence-corrected chi connectivity index (χ2v) is 6.93. The molecular formula is C19H27FIN5. The van der Waals surface area contributed by atoms with Crippen LogP contribution in [0.25, 0.3) is 0 Å². The minimum Gasteiger partial charge on any atom is -0.356 e. The maximum absolute atomic E-state index is 13.5. The summed E-state index contributed by atoms with van der Waals surface area (Å²) in [5.41, 5.74) is 1.11. The van der Waals surface area contributed by atoms with Crippen molar-refractivity contribution < 1.29 is 4.39 Å². The largest absolute Gasteiger partial charge is 0.356 e. The molecule has 1 aliphatic rings. The maximum Gasteiger partial charge on any atom is 0.191 e. The molecule has 3 rings (SSSR count). The SMILES string of the molecule is CN=C(NCC(C)Cn1cccn1)NCC1(c2cccc(F)c2)CC1.I. The van der Waals surface area contributed by atoms with E-state index in [0.29, 0.717) is 5.92 Å². The van der Waals surface area contributed by atoms with Gasteiger partial charge in [0.1, 0.15) is 5.82 Å². The van der Waals surface area contributed by atoms with E-state index in [1.54, 1.807) is 25.4 Å². The van der Waals surface area contributed by atoms with E-state index in [1.807, 2.05) is 23.0 Å². The Morgan fingerprint density at radius 2 is 2.15 bits per heavy atom. The lowest BCUT2D eigenvalue weighted by Gasteiger charge is -2.20. The molecule has 1 aliphatic carbocycles. The van der Waals surface area contributed by atoms with E-state index < -0.39 is 0 Å². The number of aliphatic imine (C=N–C) groups is 1. The van der Waals surface area contributed by atoms with Crippen LogP contribution < -0.4 is 10.6 Å². The van der Waals surface area contributed by atoms with Gasteiger partial charge >= 0.3 is 0 Å². The summed E-state index contributed by atoms with van der Waals surface area (Å²) in [6.07, 6.45) is 5.92. The van der Waals surface area contributed by atoms with E-state index in [-0.39, 0.29) is 35.2 Å². The molecule has 7 heteroatoms. The molecule has 2 aromatic rings. The Kier molecular flexibility index (Phi) is 7.43. The standard InChI is InChI=1S/C19H26FN5.HI/c1-15(13-25-10-4-9-24-25)12-22-18(21-2)23-14-19(7-8-19)16-5-3-6-17(20)11-16;/h3-6,9-11,15H,7-8,12-14H2,1-2H3,(H2,21,22,23);1H. The Morgan fingerprint density at radius 3 is 2.77 bits per heavy atom. The van der Waals surface area contributed by atoms with Crippen LogP contribution in [0.15, 0.2) is 47.7 Å². The predicted octanol–water partition coefficient (Wildman–Crippen LogP) is 3.17. The lowest BCUT2D eigenvalue weighted by atomic mass is 9.96. The maximum atomic E-state index is 13.5. The molecule has 1 saturated carbocycles.